The van der Waals surface area contributed by atoms with Crippen LogP contribution in [0.4, 0.5) is 13.2 Å². The first kappa shape index (κ1) is 18.8. The van der Waals surface area contributed by atoms with Crippen molar-refractivity contribution in [3.05, 3.63) is 40.4 Å². The van der Waals surface area contributed by atoms with Gasteiger partial charge in [0.15, 0.2) is 5.82 Å². The van der Waals surface area contributed by atoms with Crippen molar-refractivity contribution in [2.75, 3.05) is 14.2 Å². The number of ether oxygens (including phenoxy) is 1. The van der Waals surface area contributed by atoms with Crippen molar-refractivity contribution in [3.8, 4) is 11.4 Å². The number of esters is 1. The normalized spacial score (nSPS) is 12.4. The first-order valence-corrected chi connectivity index (χ1v) is 8.31. The van der Waals surface area contributed by atoms with Gasteiger partial charge in [0, 0.05) is 5.56 Å². The van der Waals surface area contributed by atoms with E-state index in [0.29, 0.717) is 21.1 Å². The molecule has 0 radical (unpaired) electrons. The Morgan fingerprint density at radius 1 is 1.22 bits per heavy atom. The highest BCUT2D eigenvalue weighted by molar-refractivity contribution is 7.19. The molecule has 0 atom stereocenters. The lowest BCUT2D eigenvalue weighted by Gasteiger charge is -2.06. The van der Waals surface area contributed by atoms with Crippen LogP contribution in [0.5, 0.6) is 0 Å². The molecule has 0 fully saturated rings. The molecule has 3 rings (SSSR count). The lowest BCUT2D eigenvalue weighted by molar-refractivity contribution is -0.137. The number of hydrogen-bond donors (Lipinski definition) is 0. The number of halogens is 3. The zero-order valence-corrected chi connectivity index (χ0v) is 15.2. The van der Waals surface area contributed by atoms with Gasteiger partial charge in [0.05, 0.1) is 23.2 Å². The van der Waals surface area contributed by atoms with E-state index in [1.54, 1.807) is 6.92 Å². The Labute approximate surface area is 155 Å². The fourth-order valence-electron chi connectivity index (χ4n) is 2.35. The summed E-state index contributed by atoms with van der Waals surface area (Å²) in [6.45, 7) is 1.71. The van der Waals surface area contributed by atoms with Gasteiger partial charge >= 0.3 is 12.1 Å². The average Bonchev–Trinajstić information content (AvgIpc) is 3.18. The first-order valence-electron chi connectivity index (χ1n) is 7.50. The number of rotatable bonds is 4. The van der Waals surface area contributed by atoms with E-state index in [1.807, 2.05) is 0 Å². The summed E-state index contributed by atoms with van der Waals surface area (Å²) in [6.07, 6.45) is -4.41. The molecule has 27 heavy (non-hydrogen) atoms. The van der Waals surface area contributed by atoms with E-state index in [2.05, 4.69) is 15.2 Å². The standard InChI is InChI=1S/C16H13F3N4O3S/c1-8-12(11(22-26-3)14(24)25-2)27-15-20-13(21-23(8)15)9-4-6-10(7-5-9)16(17,18)19/h4-7H,1-3H3. The molecular formula is C16H13F3N4O3S. The molecule has 2 heterocycles. The number of benzene rings is 1. The monoisotopic (exact) mass is 398 g/mol. The van der Waals surface area contributed by atoms with Gasteiger partial charge in [-0.3, -0.25) is 0 Å². The van der Waals surface area contributed by atoms with Gasteiger partial charge in [-0.05, 0) is 19.1 Å². The third-order valence-electron chi connectivity index (χ3n) is 3.66. The number of oxime groups is 1. The van der Waals surface area contributed by atoms with Crippen LogP contribution in [0.25, 0.3) is 16.3 Å². The number of methoxy groups -OCH3 is 1. The van der Waals surface area contributed by atoms with Crippen molar-refractivity contribution in [1.82, 2.24) is 14.6 Å². The average molecular weight is 398 g/mol. The van der Waals surface area contributed by atoms with Crippen molar-refractivity contribution < 1.29 is 27.5 Å². The van der Waals surface area contributed by atoms with Crippen LogP contribution >= 0.6 is 11.3 Å². The molecule has 0 bridgehead atoms. The van der Waals surface area contributed by atoms with Gasteiger partial charge in [0.2, 0.25) is 10.7 Å². The van der Waals surface area contributed by atoms with E-state index < -0.39 is 17.7 Å². The maximum Gasteiger partial charge on any atom is 0.416 e. The van der Waals surface area contributed by atoms with Gasteiger partial charge in [-0.15, -0.1) is 5.10 Å². The Hall–Kier alpha value is -2.95. The quantitative estimate of drug-likeness (QED) is 0.383. The molecule has 0 aliphatic rings. The number of thiazole rings is 1. The number of fused-ring (bicyclic) bond motifs is 1. The van der Waals surface area contributed by atoms with Gasteiger partial charge in [-0.2, -0.15) is 18.2 Å². The molecule has 2 aromatic heterocycles. The number of alkyl halides is 3. The molecule has 0 spiro atoms. The minimum Gasteiger partial charge on any atom is -0.464 e. The number of aryl methyl sites for hydroxylation is 1. The maximum absolute atomic E-state index is 12.7. The van der Waals surface area contributed by atoms with Crippen LogP contribution in [-0.2, 0) is 20.5 Å². The van der Waals surface area contributed by atoms with Crippen LogP contribution in [0.15, 0.2) is 29.4 Å². The zero-order valence-electron chi connectivity index (χ0n) is 14.4. The number of carbonyl (C=O) groups excluding carboxylic acids is 1. The maximum atomic E-state index is 12.7. The van der Waals surface area contributed by atoms with E-state index in [0.717, 1.165) is 23.5 Å². The highest BCUT2D eigenvalue weighted by Crippen LogP contribution is 2.31. The van der Waals surface area contributed by atoms with Crippen LogP contribution in [0.2, 0.25) is 0 Å². The minimum atomic E-state index is -4.41. The molecule has 0 aliphatic heterocycles. The highest BCUT2D eigenvalue weighted by atomic mass is 32.1. The Morgan fingerprint density at radius 3 is 2.41 bits per heavy atom. The molecule has 0 N–H and O–H groups in total. The van der Waals surface area contributed by atoms with Gasteiger partial charge < -0.3 is 9.57 Å². The molecule has 142 valence electrons. The van der Waals surface area contributed by atoms with Crippen molar-refractivity contribution >= 4 is 28.0 Å². The molecule has 0 unspecified atom stereocenters. The Balaban J connectivity index is 2.01. The minimum absolute atomic E-state index is 0.0223. The predicted octanol–water partition coefficient (Wildman–Crippen LogP) is 3.31. The summed E-state index contributed by atoms with van der Waals surface area (Å²) in [4.78, 5) is 21.8. The summed E-state index contributed by atoms with van der Waals surface area (Å²) in [7, 11) is 2.53. The summed E-state index contributed by atoms with van der Waals surface area (Å²) < 4.78 is 44.2. The number of nitrogens with zero attached hydrogens (tertiary/aromatic N) is 4. The molecule has 0 aliphatic carbocycles. The van der Waals surface area contributed by atoms with Crippen LogP contribution in [-0.4, -0.2) is 40.5 Å². The number of hydrogen-bond acceptors (Lipinski definition) is 7. The van der Waals surface area contributed by atoms with Crippen LogP contribution in [0, 0.1) is 6.92 Å². The van der Waals surface area contributed by atoms with E-state index in [9.17, 15) is 18.0 Å². The third kappa shape index (κ3) is 3.50. The summed E-state index contributed by atoms with van der Waals surface area (Å²) >= 11 is 1.14. The smallest absolute Gasteiger partial charge is 0.416 e. The summed E-state index contributed by atoms with van der Waals surface area (Å²) in [5, 5.41) is 8.00. The fraction of sp³-hybridized carbons (Fsp3) is 0.250. The fourth-order valence-corrected chi connectivity index (χ4v) is 3.38. The van der Waals surface area contributed by atoms with Crippen molar-refractivity contribution in [2.24, 2.45) is 5.16 Å². The van der Waals surface area contributed by atoms with Gasteiger partial charge in [-0.1, -0.05) is 28.6 Å². The molecule has 7 nitrogen and oxygen atoms in total. The second-order valence-electron chi connectivity index (χ2n) is 5.34. The molecule has 0 amide bonds. The first-order chi connectivity index (χ1) is 12.8. The van der Waals surface area contributed by atoms with Gasteiger partial charge in [0.1, 0.15) is 7.11 Å². The second-order valence-corrected chi connectivity index (χ2v) is 6.31. The molecule has 11 heteroatoms. The van der Waals surface area contributed by atoms with Gasteiger partial charge in [0.25, 0.3) is 0 Å². The molecule has 0 saturated heterocycles. The van der Waals surface area contributed by atoms with Crippen molar-refractivity contribution in [2.45, 2.75) is 13.1 Å². The summed E-state index contributed by atoms with van der Waals surface area (Å²) in [5.41, 5.74) is 0.246. The van der Waals surface area contributed by atoms with Crippen molar-refractivity contribution in [1.29, 1.82) is 0 Å². The SMILES string of the molecule is CON=C(C(=O)OC)c1sc2nc(-c3ccc(C(F)(F)F)cc3)nn2c1C. The van der Waals surface area contributed by atoms with E-state index in [4.69, 9.17) is 9.57 Å². The zero-order chi connectivity index (χ0) is 19.8. The highest BCUT2D eigenvalue weighted by Gasteiger charge is 2.30. The predicted molar refractivity (Wildman–Crippen MR) is 91.6 cm³/mol. The lowest BCUT2D eigenvalue weighted by atomic mass is 10.1. The van der Waals surface area contributed by atoms with E-state index in [-0.39, 0.29) is 11.5 Å². The number of aromatic nitrogens is 3. The molecular weight excluding hydrogens is 385 g/mol. The molecule has 0 saturated carbocycles. The van der Waals surface area contributed by atoms with Crippen LogP contribution in [0.1, 0.15) is 16.1 Å². The Morgan fingerprint density at radius 2 is 1.89 bits per heavy atom. The molecule has 3 aromatic rings. The Kier molecular flexibility index (Phi) is 4.87. The Bertz CT molecular complexity index is 1020. The van der Waals surface area contributed by atoms with Crippen LogP contribution < -0.4 is 0 Å². The van der Waals surface area contributed by atoms with Gasteiger partial charge in [-0.25, -0.2) is 9.31 Å². The molecule has 1 aromatic carbocycles. The van der Waals surface area contributed by atoms with Crippen molar-refractivity contribution in [3.63, 3.8) is 0 Å². The lowest BCUT2D eigenvalue weighted by Crippen LogP contribution is -2.17. The second kappa shape index (κ2) is 6.99. The van der Waals surface area contributed by atoms with E-state index >= 15 is 0 Å². The largest absolute Gasteiger partial charge is 0.464 e. The summed E-state index contributed by atoms with van der Waals surface area (Å²) in [6, 6.07) is 4.57. The topological polar surface area (TPSA) is 78.1 Å². The number of carbonyl (C=O) groups is 1. The van der Waals surface area contributed by atoms with Crippen LogP contribution in [0.3, 0.4) is 0 Å². The third-order valence-corrected chi connectivity index (χ3v) is 4.80. The summed E-state index contributed by atoms with van der Waals surface area (Å²) in [5.74, 6) is -0.402. The van der Waals surface area contributed by atoms with E-state index in [1.165, 1.54) is 30.9 Å².